The Bertz CT molecular complexity index is 204. The van der Waals surface area contributed by atoms with E-state index < -0.39 is 0 Å². The van der Waals surface area contributed by atoms with Gasteiger partial charge in [-0.25, -0.2) is 0 Å². The molecule has 1 aliphatic carbocycles. The molecule has 1 aliphatic rings. The Balaban J connectivity index is 2.16. The van der Waals surface area contributed by atoms with Crippen LogP contribution in [0.2, 0.25) is 0 Å². The Hall–Kier alpha value is -0.570. The van der Waals surface area contributed by atoms with E-state index in [-0.39, 0.29) is 5.91 Å². The van der Waals surface area contributed by atoms with Gasteiger partial charge in [-0.3, -0.25) is 4.79 Å². The summed E-state index contributed by atoms with van der Waals surface area (Å²) < 4.78 is 0. The van der Waals surface area contributed by atoms with Crippen molar-refractivity contribution in [1.82, 2.24) is 10.2 Å². The third-order valence-corrected chi connectivity index (χ3v) is 3.47. The van der Waals surface area contributed by atoms with Gasteiger partial charge in [0.15, 0.2) is 0 Å². The molecule has 0 radical (unpaired) electrons. The summed E-state index contributed by atoms with van der Waals surface area (Å²) in [4.78, 5) is 13.0. The monoisotopic (exact) mass is 212 g/mol. The Morgan fingerprint density at radius 3 is 2.60 bits per heavy atom. The fourth-order valence-electron chi connectivity index (χ4n) is 2.22. The quantitative estimate of drug-likeness (QED) is 0.766. The zero-order valence-electron chi connectivity index (χ0n) is 10.3. The predicted molar refractivity (Wildman–Crippen MR) is 62.7 cm³/mol. The minimum Gasteiger partial charge on any atom is -0.348 e. The van der Waals surface area contributed by atoms with Crippen molar-refractivity contribution >= 4 is 5.91 Å². The van der Waals surface area contributed by atoms with Gasteiger partial charge in [-0.15, -0.1) is 0 Å². The molecule has 3 heteroatoms. The molecule has 1 rings (SSSR count). The van der Waals surface area contributed by atoms with Crippen molar-refractivity contribution in [1.29, 1.82) is 0 Å². The summed E-state index contributed by atoms with van der Waals surface area (Å²) in [6.07, 6.45) is 5.42. The molecule has 1 N–H and O–H groups in total. The van der Waals surface area contributed by atoms with E-state index in [9.17, 15) is 4.79 Å². The van der Waals surface area contributed by atoms with Gasteiger partial charge < -0.3 is 10.2 Å². The third-order valence-electron chi connectivity index (χ3n) is 3.47. The number of carbonyl (C=O) groups excluding carboxylic acids is 1. The molecule has 1 fully saturated rings. The van der Waals surface area contributed by atoms with Crippen molar-refractivity contribution in [2.45, 2.75) is 32.6 Å². The molecule has 0 heterocycles. The molecule has 2 unspecified atom stereocenters. The predicted octanol–water partition coefficient (Wildman–Crippen LogP) is 1.49. The van der Waals surface area contributed by atoms with Crippen LogP contribution in [0.3, 0.4) is 0 Å². The van der Waals surface area contributed by atoms with Crippen LogP contribution < -0.4 is 5.32 Å². The molecule has 0 spiro atoms. The highest BCUT2D eigenvalue weighted by molar-refractivity contribution is 5.77. The summed E-state index contributed by atoms with van der Waals surface area (Å²) >= 11 is 0. The van der Waals surface area contributed by atoms with Crippen LogP contribution in [0, 0.1) is 11.8 Å². The second-order valence-electron chi connectivity index (χ2n) is 4.94. The molecule has 0 aromatic carbocycles. The Morgan fingerprint density at radius 2 is 2.00 bits per heavy atom. The van der Waals surface area contributed by atoms with Gasteiger partial charge in [0.25, 0.3) is 0 Å². The lowest BCUT2D eigenvalue weighted by molar-refractivity contribution is -0.127. The molecule has 0 aromatic heterocycles. The number of hydrogen-bond acceptors (Lipinski definition) is 2. The fourth-order valence-corrected chi connectivity index (χ4v) is 2.22. The average molecular weight is 212 g/mol. The number of carbonyl (C=O) groups is 1. The van der Waals surface area contributed by atoms with Crippen LogP contribution in [0.15, 0.2) is 0 Å². The van der Waals surface area contributed by atoms with Crippen LogP contribution in [0.4, 0.5) is 0 Å². The standard InChI is InChI=1S/C12H24N2O/c1-10-6-4-5-7-11(10)8-13-9-12(15)14(2)3/h10-11,13H,4-9H2,1-3H3. The second kappa shape index (κ2) is 6.11. The summed E-state index contributed by atoms with van der Waals surface area (Å²) in [7, 11) is 3.60. The molecular weight excluding hydrogens is 188 g/mol. The average Bonchev–Trinajstić information content (AvgIpc) is 2.20. The van der Waals surface area contributed by atoms with Crippen molar-refractivity contribution in [3.05, 3.63) is 0 Å². The SMILES string of the molecule is CC1CCCCC1CNCC(=O)N(C)C. The van der Waals surface area contributed by atoms with Gasteiger partial charge in [0.1, 0.15) is 0 Å². The van der Waals surface area contributed by atoms with Crippen LogP contribution in [0.5, 0.6) is 0 Å². The van der Waals surface area contributed by atoms with Crippen molar-refractivity contribution in [3.8, 4) is 0 Å². The first-order valence-electron chi connectivity index (χ1n) is 6.02. The van der Waals surface area contributed by atoms with E-state index in [1.165, 1.54) is 25.7 Å². The number of amides is 1. The Kier molecular flexibility index (Phi) is 5.09. The molecule has 15 heavy (non-hydrogen) atoms. The third kappa shape index (κ3) is 4.20. The summed E-state index contributed by atoms with van der Waals surface area (Å²) in [5.41, 5.74) is 0. The van der Waals surface area contributed by atoms with Crippen LogP contribution >= 0.6 is 0 Å². The van der Waals surface area contributed by atoms with E-state index in [1.54, 1.807) is 19.0 Å². The summed E-state index contributed by atoms with van der Waals surface area (Å²) in [5.74, 6) is 1.76. The molecule has 88 valence electrons. The van der Waals surface area contributed by atoms with E-state index in [0.717, 1.165) is 18.4 Å². The molecular formula is C12H24N2O. The summed E-state index contributed by atoms with van der Waals surface area (Å²) in [6.45, 7) is 3.82. The smallest absolute Gasteiger partial charge is 0.236 e. The van der Waals surface area contributed by atoms with Crippen molar-refractivity contribution in [2.24, 2.45) is 11.8 Å². The molecule has 2 atom stereocenters. The number of likely N-dealkylation sites (N-methyl/N-ethyl adjacent to an activating group) is 1. The number of hydrogen-bond donors (Lipinski definition) is 1. The number of rotatable bonds is 4. The van der Waals surface area contributed by atoms with Gasteiger partial charge in [0.05, 0.1) is 6.54 Å². The number of nitrogens with one attached hydrogen (secondary N) is 1. The first-order chi connectivity index (χ1) is 7.11. The highest BCUT2D eigenvalue weighted by Crippen LogP contribution is 2.28. The maximum atomic E-state index is 11.3. The maximum absolute atomic E-state index is 11.3. The summed E-state index contributed by atoms with van der Waals surface area (Å²) in [6, 6.07) is 0. The lowest BCUT2D eigenvalue weighted by atomic mass is 9.80. The van der Waals surface area contributed by atoms with Gasteiger partial charge >= 0.3 is 0 Å². The number of nitrogens with zero attached hydrogens (tertiary/aromatic N) is 1. The Morgan fingerprint density at radius 1 is 1.33 bits per heavy atom. The van der Waals surface area contributed by atoms with E-state index >= 15 is 0 Å². The van der Waals surface area contributed by atoms with Crippen LogP contribution in [-0.2, 0) is 4.79 Å². The first-order valence-corrected chi connectivity index (χ1v) is 6.02. The first kappa shape index (κ1) is 12.5. The van der Waals surface area contributed by atoms with Crippen LogP contribution in [0.25, 0.3) is 0 Å². The van der Waals surface area contributed by atoms with Gasteiger partial charge in [-0.2, -0.15) is 0 Å². The molecule has 0 bridgehead atoms. The van der Waals surface area contributed by atoms with Gasteiger partial charge in [-0.1, -0.05) is 26.2 Å². The second-order valence-corrected chi connectivity index (χ2v) is 4.94. The lowest BCUT2D eigenvalue weighted by Crippen LogP contribution is -2.37. The van der Waals surface area contributed by atoms with Crippen LogP contribution in [0.1, 0.15) is 32.6 Å². The zero-order valence-corrected chi connectivity index (χ0v) is 10.3. The maximum Gasteiger partial charge on any atom is 0.236 e. The van der Waals surface area contributed by atoms with E-state index in [1.807, 2.05) is 0 Å². The van der Waals surface area contributed by atoms with Crippen molar-refractivity contribution in [2.75, 3.05) is 27.2 Å². The molecule has 1 saturated carbocycles. The topological polar surface area (TPSA) is 32.3 Å². The van der Waals surface area contributed by atoms with Crippen molar-refractivity contribution < 1.29 is 4.79 Å². The lowest BCUT2D eigenvalue weighted by Gasteiger charge is -2.28. The highest BCUT2D eigenvalue weighted by Gasteiger charge is 2.20. The van der Waals surface area contributed by atoms with Gasteiger partial charge in [0, 0.05) is 14.1 Å². The molecule has 0 saturated heterocycles. The van der Waals surface area contributed by atoms with Crippen LogP contribution in [-0.4, -0.2) is 38.0 Å². The summed E-state index contributed by atoms with van der Waals surface area (Å²) in [5, 5.41) is 3.28. The minimum absolute atomic E-state index is 0.165. The molecule has 0 aromatic rings. The van der Waals surface area contributed by atoms with Crippen molar-refractivity contribution in [3.63, 3.8) is 0 Å². The van der Waals surface area contributed by atoms with Gasteiger partial charge in [-0.05, 0) is 24.8 Å². The normalized spacial score (nSPS) is 26.3. The highest BCUT2D eigenvalue weighted by atomic mass is 16.2. The van der Waals surface area contributed by atoms with E-state index in [4.69, 9.17) is 0 Å². The Labute approximate surface area is 93.2 Å². The molecule has 0 aliphatic heterocycles. The zero-order chi connectivity index (χ0) is 11.3. The molecule has 1 amide bonds. The van der Waals surface area contributed by atoms with E-state index in [2.05, 4.69) is 12.2 Å². The minimum atomic E-state index is 0.165. The fraction of sp³-hybridized carbons (Fsp3) is 0.917. The van der Waals surface area contributed by atoms with Gasteiger partial charge in [0.2, 0.25) is 5.91 Å². The largest absolute Gasteiger partial charge is 0.348 e. The van der Waals surface area contributed by atoms with E-state index in [0.29, 0.717) is 6.54 Å². The molecule has 3 nitrogen and oxygen atoms in total.